The van der Waals surface area contributed by atoms with E-state index in [0.717, 1.165) is 38.2 Å². The van der Waals surface area contributed by atoms with E-state index < -0.39 is 0 Å². The highest BCUT2D eigenvalue weighted by atomic mass is 16.5. The highest BCUT2D eigenvalue weighted by Crippen LogP contribution is 2.40. The summed E-state index contributed by atoms with van der Waals surface area (Å²) in [7, 11) is 1.41. The zero-order valence-corrected chi connectivity index (χ0v) is 16.9. The van der Waals surface area contributed by atoms with E-state index >= 15 is 0 Å². The first-order valence-corrected chi connectivity index (χ1v) is 9.74. The first-order valence-electron chi connectivity index (χ1n) is 9.74. The van der Waals surface area contributed by atoms with Gasteiger partial charge in [-0.3, -0.25) is 19.2 Å². The number of aromatic nitrogens is 1. The molecule has 2 aliphatic rings. The van der Waals surface area contributed by atoms with Crippen LogP contribution in [0.1, 0.15) is 43.8 Å². The lowest BCUT2D eigenvalue weighted by molar-refractivity contribution is -0.140. The zero-order chi connectivity index (χ0) is 21.4. The summed E-state index contributed by atoms with van der Waals surface area (Å²) in [5.41, 5.74) is 1.06. The minimum Gasteiger partial charge on any atom is -0.483 e. The van der Waals surface area contributed by atoms with Crippen LogP contribution < -0.4 is 10.9 Å². The number of nitrogens with one attached hydrogen (secondary N) is 1. The second-order valence-electron chi connectivity index (χ2n) is 7.40. The van der Waals surface area contributed by atoms with Gasteiger partial charge in [0, 0.05) is 50.7 Å². The maximum atomic E-state index is 12.5. The minimum atomic E-state index is -0.250. The Hall–Kier alpha value is -2.68. The number of fused-ring (bicyclic) bond motifs is 4. The van der Waals surface area contributed by atoms with Crippen LogP contribution in [0.15, 0.2) is 23.0 Å². The standard InChI is InChI=1S/C19H27N3O4.CH2O2/c1-13(23)20-10-17-15-9-14(16-5-3-6-18(24)22(16)17)11-21(12-15)8-4-7-19(25)26-2;2-1-3/h3,5-6,14-15,17H,4,7-12H2,1-2H3,(H,20,23);1H,(H,2,3)/t14-,15+,17+;/m1./s1. The van der Waals surface area contributed by atoms with Crippen LogP contribution in [0.25, 0.3) is 0 Å². The third kappa shape index (κ3) is 5.90. The van der Waals surface area contributed by atoms with E-state index in [1.165, 1.54) is 14.0 Å². The number of esters is 1. The Labute approximate surface area is 169 Å². The summed E-state index contributed by atoms with van der Waals surface area (Å²) >= 11 is 0. The Balaban J connectivity index is 0.000000941. The van der Waals surface area contributed by atoms with Crippen molar-refractivity contribution in [2.75, 3.05) is 33.3 Å². The molecule has 0 unspecified atom stereocenters. The van der Waals surface area contributed by atoms with Crippen LogP contribution in [0.4, 0.5) is 0 Å². The summed E-state index contributed by atoms with van der Waals surface area (Å²) in [6.45, 7) is 4.34. The molecule has 9 nitrogen and oxygen atoms in total. The van der Waals surface area contributed by atoms with Crippen LogP contribution in [-0.2, 0) is 19.1 Å². The lowest BCUT2D eigenvalue weighted by atomic mass is 9.78. The number of carbonyl (C=O) groups is 3. The predicted molar refractivity (Wildman–Crippen MR) is 106 cm³/mol. The van der Waals surface area contributed by atoms with Gasteiger partial charge >= 0.3 is 5.97 Å². The molecule has 0 aromatic carbocycles. The number of methoxy groups -OCH3 is 1. The van der Waals surface area contributed by atoms with Gasteiger partial charge in [-0.25, -0.2) is 0 Å². The number of pyridine rings is 1. The van der Waals surface area contributed by atoms with Gasteiger partial charge in [0.15, 0.2) is 0 Å². The molecule has 0 saturated carbocycles. The molecule has 1 aromatic heterocycles. The van der Waals surface area contributed by atoms with E-state index in [9.17, 15) is 14.4 Å². The second-order valence-corrected chi connectivity index (χ2v) is 7.40. The number of hydrogen-bond acceptors (Lipinski definition) is 6. The molecule has 0 aliphatic carbocycles. The second kappa shape index (κ2) is 10.8. The summed E-state index contributed by atoms with van der Waals surface area (Å²) in [6.07, 6.45) is 2.22. The van der Waals surface area contributed by atoms with Crippen molar-refractivity contribution in [1.82, 2.24) is 14.8 Å². The summed E-state index contributed by atoms with van der Waals surface area (Å²) in [5.74, 6) is 0.367. The fourth-order valence-electron chi connectivity index (χ4n) is 4.38. The van der Waals surface area contributed by atoms with E-state index in [1.54, 1.807) is 6.07 Å². The third-order valence-electron chi connectivity index (χ3n) is 5.52. The Bertz CT molecular complexity index is 778. The van der Waals surface area contributed by atoms with Crippen LogP contribution in [0.5, 0.6) is 0 Å². The highest BCUT2D eigenvalue weighted by Gasteiger charge is 2.40. The van der Waals surface area contributed by atoms with Gasteiger partial charge in [-0.15, -0.1) is 0 Å². The Morgan fingerprint density at radius 1 is 1.34 bits per heavy atom. The van der Waals surface area contributed by atoms with E-state index in [-0.39, 0.29) is 29.9 Å². The van der Waals surface area contributed by atoms with Crippen molar-refractivity contribution >= 4 is 18.3 Å². The number of rotatable bonds is 6. The fraction of sp³-hybridized carbons (Fsp3) is 0.600. The van der Waals surface area contributed by atoms with E-state index in [4.69, 9.17) is 14.6 Å². The molecular weight excluding hydrogens is 378 g/mol. The molecule has 2 bridgehead atoms. The molecular formula is C20H29N3O6. The van der Waals surface area contributed by atoms with Gasteiger partial charge in [0.1, 0.15) is 0 Å². The molecule has 1 aromatic rings. The fourth-order valence-corrected chi connectivity index (χ4v) is 4.38. The molecule has 3 atom stereocenters. The van der Waals surface area contributed by atoms with Gasteiger partial charge < -0.3 is 24.6 Å². The molecule has 29 heavy (non-hydrogen) atoms. The SMILES string of the molecule is COC(=O)CCCN1C[C@H]2C[C@@H](C1)[C@H](CNC(C)=O)n1c2cccc1=O.O=CO. The van der Waals surface area contributed by atoms with Crippen LogP contribution in [0.2, 0.25) is 0 Å². The molecule has 0 radical (unpaired) electrons. The van der Waals surface area contributed by atoms with Crippen molar-refractivity contribution in [2.24, 2.45) is 5.92 Å². The molecule has 3 rings (SSSR count). The number of piperidine rings is 1. The molecule has 1 fully saturated rings. The number of ether oxygens (including phenoxy) is 1. The molecule has 0 spiro atoms. The van der Waals surface area contributed by atoms with Crippen molar-refractivity contribution in [2.45, 2.75) is 38.1 Å². The van der Waals surface area contributed by atoms with Crippen molar-refractivity contribution < 1.29 is 24.2 Å². The quantitative estimate of drug-likeness (QED) is 0.524. The number of amides is 1. The number of likely N-dealkylation sites (tertiary alicyclic amines) is 1. The smallest absolute Gasteiger partial charge is 0.305 e. The van der Waals surface area contributed by atoms with Gasteiger partial charge in [-0.05, 0) is 31.4 Å². The average molecular weight is 407 g/mol. The van der Waals surface area contributed by atoms with Crippen LogP contribution in [0.3, 0.4) is 0 Å². The van der Waals surface area contributed by atoms with E-state index in [0.29, 0.717) is 24.8 Å². The van der Waals surface area contributed by atoms with Gasteiger partial charge in [0.05, 0.1) is 13.2 Å². The van der Waals surface area contributed by atoms with Gasteiger partial charge in [-0.1, -0.05) is 6.07 Å². The summed E-state index contributed by atoms with van der Waals surface area (Å²) in [4.78, 5) is 46.0. The maximum Gasteiger partial charge on any atom is 0.305 e. The van der Waals surface area contributed by atoms with Crippen molar-refractivity contribution in [1.29, 1.82) is 0 Å². The normalized spacial score (nSPS) is 22.5. The van der Waals surface area contributed by atoms with Gasteiger partial charge in [-0.2, -0.15) is 0 Å². The Kier molecular flexibility index (Phi) is 8.38. The largest absolute Gasteiger partial charge is 0.483 e. The Morgan fingerprint density at radius 2 is 2.07 bits per heavy atom. The van der Waals surface area contributed by atoms with Crippen molar-refractivity contribution in [3.8, 4) is 0 Å². The Morgan fingerprint density at radius 3 is 2.72 bits per heavy atom. The van der Waals surface area contributed by atoms with Gasteiger partial charge in [0.2, 0.25) is 5.91 Å². The monoisotopic (exact) mass is 407 g/mol. The lowest BCUT2D eigenvalue weighted by Gasteiger charge is -2.47. The molecule has 1 amide bonds. The lowest BCUT2D eigenvalue weighted by Crippen LogP contribution is -2.52. The average Bonchev–Trinajstić information content (AvgIpc) is 2.68. The summed E-state index contributed by atoms with van der Waals surface area (Å²) in [6, 6.07) is 5.42. The van der Waals surface area contributed by atoms with Crippen LogP contribution in [-0.4, -0.2) is 66.2 Å². The molecule has 1 saturated heterocycles. The topological polar surface area (TPSA) is 118 Å². The van der Waals surface area contributed by atoms with Crippen molar-refractivity contribution in [3.05, 3.63) is 34.2 Å². The summed E-state index contributed by atoms with van der Waals surface area (Å²) < 4.78 is 6.60. The molecule has 2 aliphatic heterocycles. The first kappa shape index (κ1) is 22.6. The molecule has 160 valence electrons. The maximum absolute atomic E-state index is 12.5. The minimum absolute atomic E-state index is 0.00620. The van der Waals surface area contributed by atoms with E-state index in [1.807, 2.05) is 16.7 Å². The molecule has 2 N–H and O–H groups in total. The third-order valence-corrected chi connectivity index (χ3v) is 5.52. The highest BCUT2D eigenvalue weighted by molar-refractivity contribution is 5.72. The predicted octanol–water partition coefficient (Wildman–Crippen LogP) is 0.599. The number of carboxylic acid groups (broad SMARTS) is 1. The molecule has 3 heterocycles. The number of nitrogens with zero attached hydrogens (tertiary/aromatic N) is 2. The van der Waals surface area contributed by atoms with Crippen molar-refractivity contribution in [3.63, 3.8) is 0 Å². The first-order chi connectivity index (χ1) is 13.9. The molecule has 9 heteroatoms. The van der Waals surface area contributed by atoms with Gasteiger partial charge in [0.25, 0.3) is 12.0 Å². The summed E-state index contributed by atoms with van der Waals surface area (Å²) in [5, 5.41) is 9.78. The zero-order valence-electron chi connectivity index (χ0n) is 16.9. The van der Waals surface area contributed by atoms with Crippen LogP contribution in [0, 0.1) is 5.92 Å². The number of carbonyl (C=O) groups excluding carboxylic acids is 2. The van der Waals surface area contributed by atoms with Crippen LogP contribution >= 0.6 is 0 Å². The number of hydrogen-bond donors (Lipinski definition) is 2. The van der Waals surface area contributed by atoms with E-state index in [2.05, 4.69) is 10.2 Å².